The Kier molecular flexibility index (Phi) is 5.51. The molecule has 1 amide bonds. The van der Waals surface area contributed by atoms with Crippen molar-refractivity contribution in [2.45, 2.75) is 39.7 Å². The summed E-state index contributed by atoms with van der Waals surface area (Å²) in [6, 6.07) is 4.50. The summed E-state index contributed by atoms with van der Waals surface area (Å²) in [5.74, 6) is 1.35. The van der Waals surface area contributed by atoms with Crippen LogP contribution >= 0.6 is 0 Å². The van der Waals surface area contributed by atoms with E-state index in [9.17, 15) is 4.79 Å². The van der Waals surface area contributed by atoms with Crippen molar-refractivity contribution in [3.8, 4) is 11.3 Å². The molecular formula is C25H32N8O. The number of hydrogen-bond donors (Lipinski definition) is 2. The van der Waals surface area contributed by atoms with Gasteiger partial charge in [0.15, 0.2) is 5.65 Å². The van der Waals surface area contributed by atoms with Gasteiger partial charge in [0.05, 0.1) is 23.3 Å². The molecule has 1 aliphatic heterocycles. The van der Waals surface area contributed by atoms with Gasteiger partial charge in [0, 0.05) is 50.6 Å². The molecule has 1 aliphatic rings. The second-order valence-corrected chi connectivity index (χ2v) is 9.73. The van der Waals surface area contributed by atoms with Crippen LogP contribution in [-0.2, 0) is 4.79 Å². The van der Waals surface area contributed by atoms with Crippen LogP contribution in [0.25, 0.3) is 27.9 Å². The van der Waals surface area contributed by atoms with E-state index in [0.29, 0.717) is 18.5 Å². The molecule has 5 heterocycles. The number of anilines is 1. The van der Waals surface area contributed by atoms with Crippen LogP contribution in [0.5, 0.6) is 0 Å². The fraction of sp³-hybridized carbons (Fsp3) is 0.440. The zero-order valence-electron chi connectivity index (χ0n) is 20.7. The Morgan fingerprint density at radius 3 is 2.71 bits per heavy atom. The second-order valence-electron chi connectivity index (χ2n) is 9.73. The second kappa shape index (κ2) is 8.39. The molecular weight excluding hydrogens is 428 g/mol. The van der Waals surface area contributed by atoms with Crippen LogP contribution in [-0.4, -0.2) is 75.1 Å². The lowest BCUT2D eigenvalue weighted by Crippen LogP contribution is -2.59. The van der Waals surface area contributed by atoms with Crippen molar-refractivity contribution in [3.05, 3.63) is 41.3 Å². The maximum Gasteiger partial charge on any atom is 0.236 e. The average molecular weight is 461 g/mol. The van der Waals surface area contributed by atoms with E-state index >= 15 is 0 Å². The molecule has 0 bridgehead atoms. The highest BCUT2D eigenvalue weighted by molar-refractivity contribution is 5.90. The van der Waals surface area contributed by atoms with Crippen molar-refractivity contribution in [2.24, 2.45) is 0 Å². The zero-order valence-corrected chi connectivity index (χ0v) is 20.7. The monoisotopic (exact) mass is 460 g/mol. The van der Waals surface area contributed by atoms with Crippen LogP contribution in [0.15, 0.2) is 24.7 Å². The Hall–Kier alpha value is -3.46. The maximum atomic E-state index is 11.8. The highest BCUT2D eigenvalue weighted by atomic mass is 16.2. The van der Waals surface area contributed by atoms with Gasteiger partial charge in [-0.3, -0.25) is 4.79 Å². The minimum absolute atomic E-state index is 0.0917. The van der Waals surface area contributed by atoms with Crippen molar-refractivity contribution in [1.29, 1.82) is 0 Å². The number of aromatic nitrogens is 5. The molecule has 5 rings (SSSR count). The molecule has 4 aromatic heterocycles. The van der Waals surface area contributed by atoms with Gasteiger partial charge in [-0.2, -0.15) is 5.10 Å². The minimum Gasteiger partial charge on any atom is -0.353 e. The summed E-state index contributed by atoms with van der Waals surface area (Å²) in [5.41, 5.74) is 8.68. The lowest BCUT2D eigenvalue weighted by Gasteiger charge is -2.40. The van der Waals surface area contributed by atoms with Crippen LogP contribution < -0.4 is 10.2 Å². The van der Waals surface area contributed by atoms with Crippen molar-refractivity contribution in [2.75, 3.05) is 38.6 Å². The Labute approximate surface area is 199 Å². The Bertz CT molecular complexity index is 1380. The SMILES string of the molecule is Cc1c(-c2[nH]c3ccc(N4CC(NCC(=O)N(C)C)C4)nc3c2C(C)C)cn2ncnc2c1C. The number of aryl methyl sites for hydroxylation is 1. The first-order chi connectivity index (χ1) is 16.2. The van der Waals surface area contributed by atoms with Crippen LogP contribution in [0, 0.1) is 13.8 Å². The number of amides is 1. The Balaban J connectivity index is 1.46. The third-order valence-corrected chi connectivity index (χ3v) is 6.88. The number of carbonyl (C=O) groups is 1. The summed E-state index contributed by atoms with van der Waals surface area (Å²) in [6.07, 6.45) is 3.66. The van der Waals surface area contributed by atoms with Gasteiger partial charge in [-0.15, -0.1) is 0 Å². The van der Waals surface area contributed by atoms with Gasteiger partial charge in [-0.1, -0.05) is 13.8 Å². The first-order valence-corrected chi connectivity index (χ1v) is 11.8. The summed E-state index contributed by atoms with van der Waals surface area (Å²) in [4.78, 5) is 28.8. The third kappa shape index (κ3) is 3.69. The maximum absolute atomic E-state index is 11.8. The smallest absolute Gasteiger partial charge is 0.236 e. The minimum atomic E-state index is 0.0917. The molecule has 1 saturated heterocycles. The van der Waals surface area contributed by atoms with E-state index in [4.69, 9.17) is 4.98 Å². The molecule has 0 spiro atoms. The van der Waals surface area contributed by atoms with Crippen LogP contribution in [0.1, 0.15) is 36.5 Å². The standard InChI is InChI=1S/C25H32N8O/c1-14(2)22-23(18-12-33-25(27-13-28-33)16(4)15(18)3)29-19-7-8-20(30-24(19)22)32-10-17(11-32)26-9-21(34)31(5)6/h7-8,12-14,17,26,29H,9-11H2,1-6H3. The number of pyridine rings is 2. The zero-order chi connectivity index (χ0) is 24.1. The van der Waals surface area contributed by atoms with E-state index in [1.807, 2.05) is 4.52 Å². The van der Waals surface area contributed by atoms with E-state index in [0.717, 1.165) is 52.4 Å². The molecule has 0 aliphatic carbocycles. The third-order valence-electron chi connectivity index (χ3n) is 6.88. The number of nitrogens with one attached hydrogen (secondary N) is 2. The number of likely N-dealkylation sites (N-methyl/N-ethyl adjacent to an activating group) is 1. The fourth-order valence-corrected chi connectivity index (χ4v) is 4.66. The van der Waals surface area contributed by atoms with Crippen molar-refractivity contribution < 1.29 is 4.79 Å². The molecule has 0 aromatic carbocycles. The lowest BCUT2D eigenvalue weighted by atomic mass is 9.95. The van der Waals surface area contributed by atoms with Gasteiger partial charge in [0.1, 0.15) is 12.1 Å². The van der Waals surface area contributed by atoms with Gasteiger partial charge in [0.25, 0.3) is 0 Å². The van der Waals surface area contributed by atoms with Crippen molar-refractivity contribution in [1.82, 2.24) is 34.8 Å². The molecule has 34 heavy (non-hydrogen) atoms. The Morgan fingerprint density at radius 1 is 1.24 bits per heavy atom. The summed E-state index contributed by atoms with van der Waals surface area (Å²) in [5, 5.41) is 7.71. The number of carbonyl (C=O) groups excluding carboxylic acids is 1. The molecule has 1 fully saturated rings. The van der Waals surface area contributed by atoms with Gasteiger partial charge in [0.2, 0.25) is 5.91 Å². The van der Waals surface area contributed by atoms with Crippen LogP contribution in [0.4, 0.5) is 5.82 Å². The molecule has 178 valence electrons. The Morgan fingerprint density at radius 2 is 2.00 bits per heavy atom. The summed E-state index contributed by atoms with van der Waals surface area (Å²) in [7, 11) is 3.56. The number of hydrogen-bond acceptors (Lipinski definition) is 6. The van der Waals surface area contributed by atoms with Crippen molar-refractivity contribution in [3.63, 3.8) is 0 Å². The quantitative estimate of drug-likeness (QED) is 0.460. The lowest BCUT2D eigenvalue weighted by molar-refractivity contribution is -0.127. The van der Waals surface area contributed by atoms with E-state index in [1.165, 1.54) is 11.1 Å². The van der Waals surface area contributed by atoms with Crippen LogP contribution in [0.2, 0.25) is 0 Å². The van der Waals surface area contributed by atoms with Gasteiger partial charge >= 0.3 is 0 Å². The molecule has 2 N–H and O–H groups in total. The number of rotatable bonds is 6. The first kappa shape index (κ1) is 22.3. The average Bonchev–Trinajstić information content (AvgIpc) is 3.39. The predicted octanol–water partition coefficient (Wildman–Crippen LogP) is 2.88. The molecule has 9 nitrogen and oxygen atoms in total. The highest BCUT2D eigenvalue weighted by Crippen LogP contribution is 2.38. The number of fused-ring (bicyclic) bond motifs is 2. The van der Waals surface area contributed by atoms with Gasteiger partial charge in [-0.05, 0) is 43.0 Å². The summed E-state index contributed by atoms with van der Waals surface area (Å²) < 4.78 is 1.85. The first-order valence-electron chi connectivity index (χ1n) is 11.8. The highest BCUT2D eigenvalue weighted by Gasteiger charge is 2.29. The molecule has 0 atom stereocenters. The van der Waals surface area contributed by atoms with Crippen molar-refractivity contribution >= 4 is 28.4 Å². The van der Waals surface area contributed by atoms with Gasteiger partial charge in [-0.25, -0.2) is 14.5 Å². The number of nitrogens with zero attached hydrogens (tertiary/aromatic N) is 6. The summed E-state index contributed by atoms with van der Waals surface area (Å²) in [6.45, 7) is 10.7. The topological polar surface area (TPSA) is 94.5 Å². The number of H-pyrrole nitrogens is 1. The summed E-state index contributed by atoms with van der Waals surface area (Å²) >= 11 is 0. The predicted molar refractivity (Wildman–Crippen MR) is 134 cm³/mol. The van der Waals surface area contributed by atoms with E-state index < -0.39 is 0 Å². The fourth-order valence-electron chi connectivity index (χ4n) is 4.66. The number of aromatic amines is 1. The normalized spacial score (nSPS) is 14.4. The van der Waals surface area contributed by atoms with E-state index in [2.05, 4.69) is 71.3 Å². The molecule has 4 aromatic rings. The molecule has 0 unspecified atom stereocenters. The largest absolute Gasteiger partial charge is 0.353 e. The molecule has 9 heteroatoms. The van der Waals surface area contributed by atoms with Crippen LogP contribution in [0.3, 0.4) is 0 Å². The molecule has 0 saturated carbocycles. The van der Waals surface area contributed by atoms with Gasteiger partial charge < -0.3 is 20.1 Å². The van der Waals surface area contributed by atoms with E-state index in [1.54, 1.807) is 25.3 Å². The molecule has 0 radical (unpaired) electrons. The van der Waals surface area contributed by atoms with E-state index in [-0.39, 0.29) is 5.91 Å².